The molecule has 2 heteroatoms. The van der Waals surface area contributed by atoms with Gasteiger partial charge < -0.3 is 0 Å². The number of halogens is 1. The van der Waals surface area contributed by atoms with Crippen LogP contribution in [0.4, 0.5) is 0 Å². The van der Waals surface area contributed by atoms with Crippen molar-refractivity contribution in [3.8, 4) is 0 Å². The van der Waals surface area contributed by atoms with Crippen LogP contribution in [0, 0.1) is 5.41 Å². The number of Topliss-reactive ketones (excluding diaryl/α,β-unsaturated/α-hetero) is 1. The van der Waals surface area contributed by atoms with E-state index in [1.165, 1.54) is 0 Å². The molecule has 1 aliphatic rings. The van der Waals surface area contributed by atoms with Gasteiger partial charge in [0.25, 0.3) is 0 Å². The second-order valence-electron chi connectivity index (χ2n) is 3.25. The zero-order valence-electron chi connectivity index (χ0n) is 5.78. The van der Waals surface area contributed by atoms with Crippen LogP contribution in [-0.2, 0) is 4.79 Å². The third kappa shape index (κ3) is 1.18. The summed E-state index contributed by atoms with van der Waals surface area (Å²) in [7, 11) is 0. The van der Waals surface area contributed by atoms with E-state index in [0.717, 1.165) is 12.8 Å². The Morgan fingerprint density at radius 1 is 1.67 bits per heavy atom. The van der Waals surface area contributed by atoms with Crippen molar-refractivity contribution in [2.45, 2.75) is 31.5 Å². The van der Waals surface area contributed by atoms with Crippen molar-refractivity contribution in [2.75, 3.05) is 0 Å². The zero-order chi connectivity index (χ0) is 7.07. The molecule has 1 aliphatic carbocycles. The molecule has 0 unspecified atom stereocenters. The molecule has 0 saturated heterocycles. The lowest BCUT2D eigenvalue weighted by atomic mass is 9.91. The van der Waals surface area contributed by atoms with Gasteiger partial charge in [0.15, 0.2) is 5.78 Å². The average molecular weight is 191 g/mol. The standard InChI is InChI=1S/C7H11BrO/c1-7(2)4-3-5(8)6(7)9/h5H,3-4H2,1-2H3/t5-/m0/s1. The van der Waals surface area contributed by atoms with Gasteiger partial charge in [-0.2, -0.15) is 0 Å². The maximum Gasteiger partial charge on any atom is 0.152 e. The van der Waals surface area contributed by atoms with Crippen LogP contribution in [0.5, 0.6) is 0 Å². The van der Waals surface area contributed by atoms with Gasteiger partial charge in [-0.05, 0) is 12.8 Å². The van der Waals surface area contributed by atoms with Crippen LogP contribution < -0.4 is 0 Å². The van der Waals surface area contributed by atoms with E-state index in [4.69, 9.17) is 0 Å². The molecule has 0 spiro atoms. The summed E-state index contributed by atoms with van der Waals surface area (Å²) in [5.41, 5.74) is -0.0613. The Bertz CT molecular complexity index is 140. The van der Waals surface area contributed by atoms with Crippen molar-refractivity contribution in [1.29, 1.82) is 0 Å². The van der Waals surface area contributed by atoms with Gasteiger partial charge in [-0.15, -0.1) is 0 Å². The second kappa shape index (κ2) is 2.08. The summed E-state index contributed by atoms with van der Waals surface area (Å²) in [6.45, 7) is 4.02. The highest BCUT2D eigenvalue weighted by Crippen LogP contribution is 2.36. The summed E-state index contributed by atoms with van der Waals surface area (Å²) in [5.74, 6) is 0.363. The highest BCUT2D eigenvalue weighted by molar-refractivity contribution is 9.10. The largest absolute Gasteiger partial charge is 0.298 e. The lowest BCUT2D eigenvalue weighted by molar-refractivity contribution is -0.123. The number of rotatable bonds is 0. The first-order chi connectivity index (χ1) is 4.04. The first-order valence-corrected chi connectivity index (χ1v) is 4.14. The number of alkyl halides is 1. The topological polar surface area (TPSA) is 17.1 Å². The summed E-state index contributed by atoms with van der Waals surface area (Å²) in [4.78, 5) is 11.3. The van der Waals surface area contributed by atoms with Gasteiger partial charge in [-0.3, -0.25) is 4.79 Å². The first kappa shape index (κ1) is 7.26. The van der Waals surface area contributed by atoms with Crippen LogP contribution in [0.3, 0.4) is 0 Å². The average Bonchev–Trinajstić information content (AvgIpc) is 1.97. The van der Waals surface area contributed by atoms with Gasteiger partial charge >= 0.3 is 0 Å². The molecule has 1 fully saturated rings. The van der Waals surface area contributed by atoms with Crippen LogP contribution in [-0.4, -0.2) is 10.6 Å². The lowest BCUT2D eigenvalue weighted by Crippen LogP contribution is -2.21. The molecular weight excluding hydrogens is 180 g/mol. The molecule has 0 aromatic rings. The van der Waals surface area contributed by atoms with Crippen molar-refractivity contribution in [3.05, 3.63) is 0 Å². The van der Waals surface area contributed by atoms with E-state index >= 15 is 0 Å². The summed E-state index contributed by atoms with van der Waals surface area (Å²) in [6.07, 6.45) is 2.04. The Balaban J connectivity index is 2.74. The van der Waals surface area contributed by atoms with E-state index in [1.54, 1.807) is 0 Å². The highest BCUT2D eigenvalue weighted by Gasteiger charge is 2.38. The van der Waals surface area contributed by atoms with E-state index < -0.39 is 0 Å². The minimum atomic E-state index is -0.0613. The minimum Gasteiger partial charge on any atom is -0.298 e. The van der Waals surface area contributed by atoms with E-state index in [0.29, 0.717) is 5.78 Å². The summed E-state index contributed by atoms with van der Waals surface area (Å²) in [6, 6.07) is 0. The predicted molar refractivity (Wildman–Crippen MR) is 40.7 cm³/mol. The number of ketones is 1. The van der Waals surface area contributed by atoms with E-state index in [1.807, 2.05) is 13.8 Å². The number of carbonyl (C=O) groups is 1. The predicted octanol–water partition coefficient (Wildman–Crippen LogP) is 2.14. The molecule has 1 atom stereocenters. The fourth-order valence-electron chi connectivity index (χ4n) is 1.17. The molecule has 0 N–H and O–H groups in total. The molecule has 0 bridgehead atoms. The minimum absolute atomic E-state index is 0.0613. The molecule has 0 aromatic carbocycles. The molecule has 0 aromatic heterocycles. The third-order valence-corrected chi connectivity index (χ3v) is 2.85. The maximum absolute atomic E-state index is 11.2. The van der Waals surface area contributed by atoms with Gasteiger partial charge in [-0.1, -0.05) is 29.8 Å². The fourth-order valence-corrected chi connectivity index (χ4v) is 2.01. The molecule has 0 aliphatic heterocycles. The molecule has 52 valence electrons. The Morgan fingerprint density at radius 3 is 2.33 bits per heavy atom. The highest BCUT2D eigenvalue weighted by atomic mass is 79.9. The monoisotopic (exact) mass is 190 g/mol. The van der Waals surface area contributed by atoms with Gasteiger partial charge in [-0.25, -0.2) is 0 Å². The molecule has 1 rings (SSSR count). The molecule has 0 heterocycles. The zero-order valence-corrected chi connectivity index (χ0v) is 7.36. The van der Waals surface area contributed by atoms with Crippen LogP contribution in [0.25, 0.3) is 0 Å². The van der Waals surface area contributed by atoms with E-state index in [2.05, 4.69) is 15.9 Å². The van der Waals surface area contributed by atoms with Gasteiger partial charge in [0, 0.05) is 5.41 Å². The number of carbonyl (C=O) groups excluding carboxylic acids is 1. The molecule has 0 radical (unpaired) electrons. The molecule has 1 saturated carbocycles. The van der Waals surface area contributed by atoms with E-state index in [9.17, 15) is 4.79 Å². The van der Waals surface area contributed by atoms with Crippen molar-refractivity contribution in [3.63, 3.8) is 0 Å². The quantitative estimate of drug-likeness (QED) is 0.536. The Hall–Kier alpha value is 0.150. The number of hydrogen-bond acceptors (Lipinski definition) is 1. The fraction of sp³-hybridized carbons (Fsp3) is 0.857. The number of hydrogen-bond donors (Lipinski definition) is 0. The maximum atomic E-state index is 11.2. The summed E-state index contributed by atoms with van der Waals surface area (Å²) in [5, 5.41) is 0. The van der Waals surface area contributed by atoms with Crippen LogP contribution in [0.1, 0.15) is 26.7 Å². The van der Waals surface area contributed by atoms with Crippen molar-refractivity contribution >= 4 is 21.7 Å². The third-order valence-electron chi connectivity index (χ3n) is 1.97. The molecule has 9 heavy (non-hydrogen) atoms. The molecule has 1 nitrogen and oxygen atoms in total. The SMILES string of the molecule is CC1(C)CC[C@H](Br)C1=O. The van der Waals surface area contributed by atoms with E-state index in [-0.39, 0.29) is 10.2 Å². The molecule has 0 amide bonds. The van der Waals surface area contributed by atoms with Gasteiger partial charge in [0.05, 0.1) is 4.83 Å². The Labute approximate surface area is 64.0 Å². The van der Waals surface area contributed by atoms with Crippen molar-refractivity contribution in [1.82, 2.24) is 0 Å². The van der Waals surface area contributed by atoms with Gasteiger partial charge in [0.2, 0.25) is 0 Å². The summed E-state index contributed by atoms with van der Waals surface area (Å²) < 4.78 is 0. The van der Waals surface area contributed by atoms with Crippen molar-refractivity contribution < 1.29 is 4.79 Å². The molecular formula is C7H11BrO. The second-order valence-corrected chi connectivity index (χ2v) is 4.36. The Morgan fingerprint density at radius 2 is 2.22 bits per heavy atom. The Kier molecular flexibility index (Phi) is 1.68. The smallest absolute Gasteiger partial charge is 0.152 e. The van der Waals surface area contributed by atoms with Crippen LogP contribution in [0.2, 0.25) is 0 Å². The normalized spacial score (nSPS) is 33.2. The first-order valence-electron chi connectivity index (χ1n) is 3.22. The van der Waals surface area contributed by atoms with Crippen LogP contribution >= 0.6 is 15.9 Å². The summed E-state index contributed by atoms with van der Waals surface area (Å²) >= 11 is 3.33. The van der Waals surface area contributed by atoms with Crippen LogP contribution in [0.15, 0.2) is 0 Å². The lowest BCUT2D eigenvalue weighted by Gasteiger charge is -2.13. The van der Waals surface area contributed by atoms with Crippen molar-refractivity contribution in [2.24, 2.45) is 5.41 Å². The van der Waals surface area contributed by atoms with Gasteiger partial charge in [0.1, 0.15) is 0 Å².